The monoisotopic (exact) mass is 352 g/mol. The Morgan fingerprint density at radius 3 is 2.82 bits per heavy atom. The number of rotatable bonds is 5. The van der Waals surface area contributed by atoms with Crippen molar-refractivity contribution in [3.8, 4) is 0 Å². The topological polar surface area (TPSA) is 67.1 Å². The SMILES string of the molecule is CCC(C)NC(=NC)NCCn1cncn1.I. The van der Waals surface area contributed by atoms with Gasteiger partial charge >= 0.3 is 0 Å². The first-order chi connectivity index (χ1) is 7.76. The van der Waals surface area contributed by atoms with Crippen LogP contribution in [-0.2, 0) is 6.54 Å². The molecule has 17 heavy (non-hydrogen) atoms. The van der Waals surface area contributed by atoms with Gasteiger partial charge in [-0.3, -0.25) is 9.67 Å². The maximum Gasteiger partial charge on any atom is 0.191 e. The molecule has 1 rings (SSSR count). The van der Waals surface area contributed by atoms with Crippen LogP contribution in [0, 0.1) is 0 Å². The van der Waals surface area contributed by atoms with E-state index in [9.17, 15) is 0 Å². The molecule has 0 spiro atoms. The predicted octanol–water partition coefficient (Wildman–Crippen LogP) is 0.860. The second-order valence-corrected chi connectivity index (χ2v) is 3.61. The van der Waals surface area contributed by atoms with Gasteiger partial charge < -0.3 is 10.6 Å². The molecule has 1 aromatic rings. The van der Waals surface area contributed by atoms with E-state index >= 15 is 0 Å². The third-order valence-corrected chi connectivity index (χ3v) is 2.32. The highest BCUT2D eigenvalue weighted by Crippen LogP contribution is 1.87. The number of hydrogen-bond donors (Lipinski definition) is 2. The van der Waals surface area contributed by atoms with Gasteiger partial charge in [0.15, 0.2) is 5.96 Å². The Balaban J connectivity index is 0.00000256. The molecule has 1 unspecified atom stereocenters. The van der Waals surface area contributed by atoms with E-state index < -0.39 is 0 Å². The molecule has 1 aromatic heterocycles. The number of aliphatic imine (C=N–C) groups is 1. The molecule has 7 heteroatoms. The van der Waals surface area contributed by atoms with E-state index in [2.05, 4.69) is 39.6 Å². The van der Waals surface area contributed by atoms with E-state index in [1.165, 1.54) is 6.33 Å². The first kappa shape index (κ1) is 16.1. The van der Waals surface area contributed by atoms with Crippen LogP contribution in [0.4, 0.5) is 0 Å². The van der Waals surface area contributed by atoms with E-state index in [1.54, 1.807) is 18.1 Å². The number of halogens is 1. The van der Waals surface area contributed by atoms with Gasteiger partial charge in [0.05, 0.1) is 6.54 Å². The summed E-state index contributed by atoms with van der Waals surface area (Å²) in [4.78, 5) is 8.02. The van der Waals surface area contributed by atoms with Crippen molar-refractivity contribution in [1.29, 1.82) is 0 Å². The van der Waals surface area contributed by atoms with Crippen LogP contribution < -0.4 is 10.6 Å². The highest BCUT2D eigenvalue weighted by molar-refractivity contribution is 14.0. The molecule has 0 aromatic carbocycles. The molecule has 0 saturated heterocycles. The molecule has 0 aliphatic heterocycles. The molecule has 0 radical (unpaired) electrons. The summed E-state index contributed by atoms with van der Waals surface area (Å²) >= 11 is 0. The van der Waals surface area contributed by atoms with Gasteiger partial charge in [-0.05, 0) is 13.3 Å². The Morgan fingerprint density at radius 2 is 2.29 bits per heavy atom. The third-order valence-electron chi connectivity index (χ3n) is 2.32. The van der Waals surface area contributed by atoms with Gasteiger partial charge in [-0.15, -0.1) is 24.0 Å². The normalized spacial score (nSPS) is 12.8. The van der Waals surface area contributed by atoms with E-state index in [0.29, 0.717) is 6.04 Å². The molecule has 1 heterocycles. The zero-order valence-corrected chi connectivity index (χ0v) is 12.9. The van der Waals surface area contributed by atoms with Crippen LogP contribution in [0.25, 0.3) is 0 Å². The van der Waals surface area contributed by atoms with Crippen LogP contribution in [0.5, 0.6) is 0 Å². The maximum absolute atomic E-state index is 4.14. The Bertz CT molecular complexity index is 311. The predicted molar refractivity (Wildman–Crippen MR) is 79.7 cm³/mol. The number of aromatic nitrogens is 3. The van der Waals surface area contributed by atoms with Gasteiger partial charge in [0.1, 0.15) is 12.7 Å². The van der Waals surface area contributed by atoms with Gasteiger partial charge in [-0.1, -0.05) is 6.92 Å². The first-order valence-corrected chi connectivity index (χ1v) is 5.55. The van der Waals surface area contributed by atoms with E-state index in [-0.39, 0.29) is 24.0 Å². The summed E-state index contributed by atoms with van der Waals surface area (Å²) in [6.07, 6.45) is 4.31. The summed E-state index contributed by atoms with van der Waals surface area (Å²) < 4.78 is 1.78. The van der Waals surface area contributed by atoms with Gasteiger partial charge in [0.2, 0.25) is 0 Å². The molecule has 0 amide bonds. The second kappa shape index (κ2) is 9.20. The molecule has 0 aliphatic carbocycles. The smallest absolute Gasteiger partial charge is 0.191 e. The van der Waals surface area contributed by atoms with Crippen LogP contribution in [0.2, 0.25) is 0 Å². The van der Waals surface area contributed by atoms with E-state index in [1.807, 2.05) is 0 Å². The highest BCUT2D eigenvalue weighted by atomic mass is 127. The lowest BCUT2D eigenvalue weighted by Gasteiger charge is -2.16. The standard InChI is InChI=1S/C10H20N6.HI/c1-4-9(2)15-10(11-3)13-5-6-16-8-12-7-14-16;/h7-9H,4-6H2,1-3H3,(H2,11,13,15);1H. The Hall–Kier alpha value is -0.860. The molecule has 1 atom stereocenters. The maximum atomic E-state index is 4.14. The van der Waals surface area contributed by atoms with E-state index in [0.717, 1.165) is 25.5 Å². The third kappa shape index (κ3) is 6.44. The van der Waals surface area contributed by atoms with Crippen LogP contribution in [-0.4, -0.2) is 40.4 Å². The number of nitrogens with zero attached hydrogens (tertiary/aromatic N) is 4. The molecule has 0 bridgehead atoms. The summed E-state index contributed by atoms with van der Waals surface area (Å²) in [6.45, 7) is 5.82. The average molecular weight is 352 g/mol. The van der Waals surface area contributed by atoms with Crippen LogP contribution in [0.1, 0.15) is 20.3 Å². The van der Waals surface area contributed by atoms with Crippen molar-refractivity contribution >= 4 is 29.9 Å². The summed E-state index contributed by atoms with van der Waals surface area (Å²) in [7, 11) is 1.77. The van der Waals surface area contributed by atoms with Crippen molar-refractivity contribution in [3.63, 3.8) is 0 Å². The van der Waals surface area contributed by atoms with Crippen molar-refractivity contribution in [2.45, 2.75) is 32.9 Å². The molecule has 2 N–H and O–H groups in total. The lowest BCUT2D eigenvalue weighted by atomic mass is 10.3. The van der Waals surface area contributed by atoms with Crippen molar-refractivity contribution < 1.29 is 0 Å². The van der Waals surface area contributed by atoms with Crippen molar-refractivity contribution in [2.24, 2.45) is 4.99 Å². The van der Waals surface area contributed by atoms with Crippen molar-refractivity contribution in [1.82, 2.24) is 25.4 Å². The minimum absolute atomic E-state index is 0. The zero-order chi connectivity index (χ0) is 11.8. The summed E-state index contributed by atoms with van der Waals surface area (Å²) in [5.41, 5.74) is 0. The van der Waals surface area contributed by atoms with Gasteiger partial charge in [0, 0.05) is 19.6 Å². The number of nitrogens with one attached hydrogen (secondary N) is 2. The number of hydrogen-bond acceptors (Lipinski definition) is 3. The molecule has 0 saturated carbocycles. The van der Waals surface area contributed by atoms with Crippen LogP contribution in [0.3, 0.4) is 0 Å². The van der Waals surface area contributed by atoms with Crippen LogP contribution >= 0.6 is 24.0 Å². The summed E-state index contributed by atoms with van der Waals surface area (Å²) in [6, 6.07) is 0.428. The molecule has 0 fully saturated rings. The van der Waals surface area contributed by atoms with Gasteiger partial charge in [-0.25, -0.2) is 4.98 Å². The van der Waals surface area contributed by atoms with Crippen LogP contribution in [0.15, 0.2) is 17.6 Å². The summed E-state index contributed by atoms with van der Waals surface area (Å²) in [5, 5.41) is 10.5. The lowest BCUT2D eigenvalue weighted by molar-refractivity contribution is 0.581. The fraction of sp³-hybridized carbons (Fsp3) is 0.700. The number of guanidine groups is 1. The fourth-order valence-electron chi connectivity index (χ4n) is 1.17. The average Bonchev–Trinajstić information content (AvgIpc) is 2.80. The molecule has 98 valence electrons. The molecule has 6 nitrogen and oxygen atoms in total. The minimum atomic E-state index is 0. The Kier molecular flexibility index (Phi) is 8.73. The van der Waals surface area contributed by atoms with E-state index in [4.69, 9.17) is 0 Å². The Morgan fingerprint density at radius 1 is 1.53 bits per heavy atom. The first-order valence-electron chi connectivity index (χ1n) is 5.55. The summed E-state index contributed by atoms with van der Waals surface area (Å²) in [5.74, 6) is 0.828. The quantitative estimate of drug-likeness (QED) is 0.469. The van der Waals surface area contributed by atoms with Crippen molar-refractivity contribution in [2.75, 3.05) is 13.6 Å². The minimum Gasteiger partial charge on any atom is -0.355 e. The molecule has 0 aliphatic rings. The molecular formula is C10H21IN6. The largest absolute Gasteiger partial charge is 0.355 e. The van der Waals surface area contributed by atoms with Gasteiger partial charge in [0.25, 0.3) is 0 Å². The highest BCUT2D eigenvalue weighted by Gasteiger charge is 2.01. The Labute approximate surface area is 119 Å². The lowest BCUT2D eigenvalue weighted by Crippen LogP contribution is -2.43. The zero-order valence-electron chi connectivity index (χ0n) is 10.6. The van der Waals surface area contributed by atoms with Crippen molar-refractivity contribution in [3.05, 3.63) is 12.7 Å². The second-order valence-electron chi connectivity index (χ2n) is 3.61. The fourth-order valence-corrected chi connectivity index (χ4v) is 1.17. The van der Waals surface area contributed by atoms with Gasteiger partial charge in [-0.2, -0.15) is 5.10 Å². The molecular weight excluding hydrogens is 331 g/mol.